The molecule has 1 fully saturated rings. The van der Waals surface area contributed by atoms with Crippen LogP contribution in [0.3, 0.4) is 0 Å². The molecule has 1 saturated heterocycles. The van der Waals surface area contributed by atoms with Gasteiger partial charge in [-0.2, -0.15) is 13.2 Å². The summed E-state index contributed by atoms with van der Waals surface area (Å²) in [7, 11) is 0. The van der Waals surface area contributed by atoms with Crippen LogP contribution < -0.4 is 5.73 Å². The van der Waals surface area contributed by atoms with Crippen LogP contribution in [0.15, 0.2) is 48.7 Å². The first-order valence-electron chi connectivity index (χ1n) is 9.93. The van der Waals surface area contributed by atoms with Gasteiger partial charge < -0.3 is 15.7 Å². The van der Waals surface area contributed by atoms with Gasteiger partial charge in [-0.15, -0.1) is 0 Å². The second-order valence-electron chi connectivity index (χ2n) is 7.86. The maximum absolute atomic E-state index is 12.6. The number of halogens is 3. The van der Waals surface area contributed by atoms with E-state index < -0.39 is 24.2 Å². The van der Waals surface area contributed by atoms with Gasteiger partial charge in [-0.1, -0.05) is 30.0 Å². The van der Waals surface area contributed by atoms with Crippen LogP contribution in [0, 0.1) is 18.8 Å². The van der Waals surface area contributed by atoms with Crippen molar-refractivity contribution >= 4 is 22.5 Å². The van der Waals surface area contributed by atoms with Crippen molar-refractivity contribution in [3.8, 4) is 23.0 Å². The molecule has 5 nitrogen and oxygen atoms in total. The molecule has 0 unspecified atom stereocenters. The summed E-state index contributed by atoms with van der Waals surface area (Å²) in [6, 6.07) is 13.1. The SMILES string of the molecule is Cc1ccc(C#C[C@]2(O)CCN(CC(F)(F)F)C2=O)cc1-c1ccc2ccnc(N)c2c1. The lowest BCUT2D eigenvalue weighted by Crippen LogP contribution is -2.42. The predicted molar refractivity (Wildman–Crippen MR) is 115 cm³/mol. The zero-order valence-electron chi connectivity index (χ0n) is 17.2. The molecule has 2 heterocycles. The topological polar surface area (TPSA) is 79.5 Å². The predicted octanol–water partition coefficient (Wildman–Crippen LogP) is 3.67. The number of nitrogen functional groups attached to an aromatic ring is 1. The molecular formula is C24H20F3N3O2. The number of nitrogens with two attached hydrogens (primary N) is 1. The molecule has 1 atom stereocenters. The molecule has 3 N–H and O–H groups in total. The van der Waals surface area contributed by atoms with Crippen LogP contribution in [0.4, 0.5) is 19.0 Å². The first kappa shape index (κ1) is 21.7. The summed E-state index contributed by atoms with van der Waals surface area (Å²) in [5, 5.41) is 12.3. The maximum Gasteiger partial charge on any atom is 0.406 e. The number of nitrogens with zero attached hydrogens (tertiary/aromatic N) is 2. The second-order valence-corrected chi connectivity index (χ2v) is 7.86. The Kier molecular flexibility index (Phi) is 5.31. The van der Waals surface area contributed by atoms with E-state index in [0.29, 0.717) is 16.3 Å². The zero-order chi connectivity index (χ0) is 23.1. The number of hydrogen-bond acceptors (Lipinski definition) is 4. The number of aryl methyl sites for hydroxylation is 1. The van der Waals surface area contributed by atoms with E-state index in [1.54, 1.807) is 12.3 Å². The van der Waals surface area contributed by atoms with Gasteiger partial charge in [0, 0.05) is 30.1 Å². The van der Waals surface area contributed by atoms with Crippen molar-refractivity contribution in [3.05, 3.63) is 59.8 Å². The number of benzene rings is 2. The Morgan fingerprint density at radius 2 is 2.00 bits per heavy atom. The Hall–Kier alpha value is -3.57. The normalized spacial score (nSPS) is 18.7. The molecule has 1 aliphatic heterocycles. The molecule has 1 aliphatic rings. The van der Waals surface area contributed by atoms with Crippen LogP contribution in [0.2, 0.25) is 0 Å². The van der Waals surface area contributed by atoms with E-state index in [-0.39, 0.29) is 13.0 Å². The third kappa shape index (κ3) is 4.25. The first-order valence-corrected chi connectivity index (χ1v) is 9.93. The molecule has 164 valence electrons. The van der Waals surface area contributed by atoms with Gasteiger partial charge >= 0.3 is 6.18 Å². The van der Waals surface area contributed by atoms with E-state index in [0.717, 1.165) is 27.5 Å². The average molecular weight is 439 g/mol. The lowest BCUT2D eigenvalue weighted by molar-refractivity contribution is -0.162. The third-order valence-corrected chi connectivity index (χ3v) is 5.51. The highest BCUT2D eigenvalue weighted by atomic mass is 19.4. The van der Waals surface area contributed by atoms with E-state index in [4.69, 9.17) is 5.73 Å². The van der Waals surface area contributed by atoms with E-state index in [2.05, 4.69) is 16.8 Å². The molecule has 4 rings (SSSR count). The van der Waals surface area contributed by atoms with Gasteiger partial charge in [-0.25, -0.2) is 4.98 Å². The molecule has 0 spiro atoms. The van der Waals surface area contributed by atoms with E-state index in [1.165, 1.54) is 0 Å². The molecule has 8 heteroatoms. The lowest BCUT2D eigenvalue weighted by atomic mass is 9.95. The molecule has 32 heavy (non-hydrogen) atoms. The van der Waals surface area contributed by atoms with Crippen molar-refractivity contribution in [1.29, 1.82) is 0 Å². The summed E-state index contributed by atoms with van der Waals surface area (Å²) in [6.07, 6.45) is -3.06. The van der Waals surface area contributed by atoms with Crippen LogP contribution >= 0.6 is 0 Å². The van der Waals surface area contributed by atoms with Gasteiger partial charge in [0.15, 0.2) is 0 Å². The molecular weight excluding hydrogens is 419 g/mol. The van der Waals surface area contributed by atoms with Gasteiger partial charge in [0.2, 0.25) is 5.60 Å². The van der Waals surface area contributed by atoms with Crippen molar-refractivity contribution in [2.24, 2.45) is 0 Å². The number of alkyl halides is 3. The number of fused-ring (bicyclic) bond motifs is 1. The highest BCUT2D eigenvalue weighted by molar-refractivity contribution is 5.94. The van der Waals surface area contributed by atoms with Crippen molar-refractivity contribution in [2.75, 3.05) is 18.8 Å². The zero-order valence-corrected chi connectivity index (χ0v) is 17.2. The Morgan fingerprint density at radius 3 is 2.75 bits per heavy atom. The van der Waals surface area contributed by atoms with Gasteiger partial charge in [0.25, 0.3) is 5.91 Å². The fourth-order valence-electron chi connectivity index (χ4n) is 3.79. The van der Waals surface area contributed by atoms with Gasteiger partial charge in [-0.3, -0.25) is 4.79 Å². The van der Waals surface area contributed by atoms with Crippen LogP contribution in [-0.2, 0) is 4.79 Å². The highest BCUT2D eigenvalue weighted by Gasteiger charge is 2.47. The van der Waals surface area contributed by atoms with E-state index >= 15 is 0 Å². The Bertz CT molecular complexity index is 1280. The summed E-state index contributed by atoms with van der Waals surface area (Å²) in [6.45, 7) is 0.339. The minimum absolute atomic E-state index is 0.176. The van der Waals surface area contributed by atoms with Crippen LogP contribution in [0.25, 0.3) is 21.9 Å². The molecule has 0 saturated carbocycles. The molecule has 3 aromatic rings. The molecule has 2 aromatic carbocycles. The Labute approximate surface area is 182 Å². The average Bonchev–Trinajstić information content (AvgIpc) is 3.01. The van der Waals surface area contributed by atoms with E-state index in [1.807, 2.05) is 43.3 Å². The summed E-state index contributed by atoms with van der Waals surface area (Å²) < 4.78 is 37.9. The number of pyridine rings is 1. The number of rotatable bonds is 2. The summed E-state index contributed by atoms with van der Waals surface area (Å²) in [5.74, 6) is 4.65. The standard InChI is InChI=1S/C24H20F3N3O2/c1-15-2-3-16(6-8-23(32)9-11-30(22(23)31)14-24(25,26)27)12-19(15)18-5-4-17-7-10-29-21(28)20(17)13-18/h2-5,7,10,12-13,32H,9,11,14H2,1H3,(H2,28,29)/t23-/m0/s1. The monoisotopic (exact) mass is 439 g/mol. The Balaban J connectivity index is 1.65. The fourth-order valence-corrected chi connectivity index (χ4v) is 3.79. The van der Waals surface area contributed by atoms with Gasteiger partial charge in [-0.05, 0) is 53.3 Å². The number of aliphatic hydroxyl groups is 1. The van der Waals surface area contributed by atoms with Crippen molar-refractivity contribution in [3.63, 3.8) is 0 Å². The molecule has 0 bridgehead atoms. The largest absolute Gasteiger partial charge is 0.406 e. The number of anilines is 1. The van der Waals surface area contributed by atoms with Crippen molar-refractivity contribution in [2.45, 2.75) is 25.1 Å². The fraction of sp³-hybridized carbons (Fsp3) is 0.250. The number of hydrogen-bond donors (Lipinski definition) is 2. The quantitative estimate of drug-likeness (QED) is 0.598. The third-order valence-electron chi connectivity index (χ3n) is 5.51. The molecule has 0 radical (unpaired) electrons. The van der Waals surface area contributed by atoms with Crippen molar-refractivity contribution < 1.29 is 23.1 Å². The molecule has 1 amide bonds. The number of likely N-dealkylation sites (tertiary alicyclic amines) is 1. The van der Waals surface area contributed by atoms with Crippen LogP contribution in [-0.4, -0.2) is 45.8 Å². The van der Waals surface area contributed by atoms with Gasteiger partial charge in [0.1, 0.15) is 12.4 Å². The summed E-state index contributed by atoms with van der Waals surface area (Å²) >= 11 is 0. The van der Waals surface area contributed by atoms with E-state index in [9.17, 15) is 23.1 Å². The number of carbonyl (C=O) groups excluding carboxylic acids is 1. The van der Waals surface area contributed by atoms with Crippen LogP contribution in [0.1, 0.15) is 17.5 Å². The Morgan fingerprint density at radius 1 is 1.22 bits per heavy atom. The molecule has 0 aliphatic carbocycles. The smallest absolute Gasteiger partial charge is 0.383 e. The first-order chi connectivity index (χ1) is 15.1. The van der Waals surface area contributed by atoms with Crippen LogP contribution in [0.5, 0.6) is 0 Å². The number of amides is 1. The maximum atomic E-state index is 12.6. The molecule has 1 aromatic heterocycles. The lowest BCUT2D eigenvalue weighted by Gasteiger charge is -2.19. The summed E-state index contributed by atoms with van der Waals surface area (Å²) in [4.78, 5) is 17.0. The minimum Gasteiger partial charge on any atom is -0.383 e. The number of aromatic nitrogens is 1. The minimum atomic E-state index is -4.53. The highest BCUT2D eigenvalue weighted by Crippen LogP contribution is 2.30. The number of carbonyl (C=O) groups is 1. The van der Waals surface area contributed by atoms with Gasteiger partial charge in [0.05, 0.1) is 0 Å². The summed E-state index contributed by atoms with van der Waals surface area (Å²) in [5.41, 5.74) is 7.15. The van der Waals surface area contributed by atoms with Crippen molar-refractivity contribution in [1.82, 2.24) is 9.88 Å². The second kappa shape index (κ2) is 7.84.